The van der Waals surface area contributed by atoms with E-state index in [1.165, 1.54) is 5.56 Å². The highest BCUT2D eigenvalue weighted by molar-refractivity contribution is 6.03. The van der Waals surface area contributed by atoms with Gasteiger partial charge in [-0.25, -0.2) is 0 Å². The highest BCUT2D eigenvalue weighted by Gasteiger charge is 2.10. The van der Waals surface area contributed by atoms with Crippen LogP contribution < -0.4 is 10.6 Å². The number of aryl methyl sites for hydroxylation is 2. The molecular weight excluding hydrogens is 324 g/mol. The number of hydrogen-bond acceptors (Lipinski definition) is 4. The summed E-state index contributed by atoms with van der Waals surface area (Å²) >= 11 is 0. The van der Waals surface area contributed by atoms with Gasteiger partial charge < -0.3 is 10.6 Å². The van der Waals surface area contributed by atoms with Crippen LogP contribution in [0.5, 0.6) is 0 Å². The molecule has 0 saturated carbocycles. The Bertz CT molecular complexity index is 876. The molecule has 1 amide bonds. The first-order valence-corrected chi connectivity index (χ1v) is 8.62. The van der Waals surface area contributed by atoms with Gasteiger partial charge in [-0.3, -0.25) is 4.79 Å². The lowest BCUT2D eigenvalue weighted by atomic mass is 10.1. The molecule has 0 unspecified atom stereocenters. The van der Waals surface area contributed by atoms with Crippen LogP contribution in [0.2, 0.25) is 0 Å². The number of nitrogens with one attached hydrogen (secondary N) is 2. The molecule has 0 spiro atoms. The molecular formula is C21H22N4O. The summed E-state index contributed by atoms with van der Waals surface area (Å²) in [6.07, 6.45) is 0.900. The summed E-state index contributed by atoms with van der Waals surface area (Å²) in [5.74, 6) is 0.393. The second kappa shape index (κ2) is 8.25. The molecule has 26 heavy (non-hydrogen) atoms. The molecule has 3 aromatic rings. The van der Waals surface area contributed by atoms with Gasteiger partial charge in [0.1, 0.15) is 5.82 Å². The third-order valence-corrected chi connectivity index (χ3v) is 4.09. The molecule has 0 saturated heterocycles. The van der Waals surface area contributed by atoms with Crippen molar-refractivity contribution in [3.63, 3.8) is 0 Å². The van der Waals surface area contributed by atoms with E-state index in [0.29, 0.717) is 11.5 Å². The lowest BCUT2D eigenvalue weighted by molar-refractivity contribution is 0.102. The Morgan fingerprint density at radius 1 is 0.962 bits per heavy atom. The number of rotatable bonds is 6. The molecule has 0 atom stereocenters. The number of carbonyl (C=O) groups excluding carboxylic acids is 1. The Labute approximate surface area is 153 Å². The SMILES string of the molecule is Cc1ccc(NC(=O)c2ccc(NCCc3ccccc3)nn2)c(C)c1. The van der Waals surface area contributed by atoms with E-state index in [1.807, 2.05) is 50.2 Å². The monoisotopic (exact) mass is 346 g/mol. The summed E-state index contributed by atoms with van der Waals surface area (Å²) in [4.78, 5) is 12.3. The third kappa shape index (κ3) is 4.66. The highest BCUT2D eigenvalue weighted by atomic mass is 16.1. The molecule has 3 rings (SSSR count). The minimum Gasteiger partial charge on any atom is -0.368 e. The van der Waals surface area contributed by atoms with Crippen molar-refractivity contribution >= 4 is 17.4 Å². The predicted octanol–water partition coefficient (Wildman–Crippen LogP) is 4.00. The van der Waals surface area contributed by atoms with Crippen molar-refractivity contribution in [1.82, 2.24) is 10.2 Å². The maximum Gasteiger partial charge on any atom is 0.276 e. The molecule has 1 aromatic heterocycles. The molecule has 0 aliphatic rings. The maximum atomic E-state index is 12.3. The van der Waals surface area contributed by atoms with Crippen molar-refractivity contribution < 1.29 is 4.79 Å². The van der Waals surface area contributed by atoms with Gasteiger partial charge in [0.2, 0.25) is 0 Å². The zero-order valence-electron chi connectivity index (χ0n) is 15.0. The minimum absolute atomic E-state index is 0.264. The standard InChI is InChI=1S/C21H22N4O/c1-15-8-9-18(16(2)14-15)23-21(26)19-10-11-20(25-24-19)22-13-12-17-6-4-3-5-7-17/h3-11,14H,12-13H2,1-2H3,(H,22,25)(H,23,26). The Morgan fingerprint density at radius 2 is 1.77 bits per heavy atom. The molecule has 0 bridgehead atoms. The van der Waals surface area contributed by atoms with E-state index in [1.54, 1.807) is 12.1 Å². The van der Waals surface area contributed by atoms with E-state index < -0.39 is 0 Å². The molecule has 132 valence electrons. The first-order valence-electron chi connectivity index (χ1n) is 8.62. The zero-order valence-corrected chi connectivity index (χ0v) is 15.0. The number of nitrogens with zero attached hydrogens (tertiary/aromatic N) is 2. The number of carbonyl (C=O) groups is 1. The average Bonchev–Trinajstić information content (AvgIpc) is 2.65. The Balaban J connectivity index is 1.55. The molecule has 0 aliphatic heterocycles. The first-order chi connectivity index (χ1) is 12.6. The van der Waals surface area contributed by atoms with Crippen LogP contribution >= 0.6 is 0 Å². The summed E-state index contributed by atoms with van der Waals surface area (Å²) in [5, 5.41) is 14.2. The van der Waals surface area contributed by atoms with Gasteiger partial charge in [-0.1, -0.05) is 48.0 Å². The number of benzene rings is 2. The van der Waals surface area contributed by atoms with Crippen LogP contribution in [0.15, 0.2) is 60.7 Å². The first kappa shape index (κ1) is 17.6. The molecule has 0 aliphatic carbocycles. The van der Waals surface area contributed by atoms with Crippen LogP contribution in [0.4, 0.5) is 11.5 Å². The average molecular weight is 346 g/mol. The van der Waals surface area contributed by atoms with Crippen LogP contribution in [0.3, 0.4) is 0 Å². The lowest BCUT2D eigenvalue weighted by Gasteiger charge is -2.09. The molecule has 2 N–H and O–H groups in total. The van der Waals surface area contributed by atoms with E-state index >= 15 is 0 Å². The van der Waals surface area contributed by atoms with E-state index in [0.717, 1.165) is 29.8 Å². The van der Waals surface area contributed by atoms with Crippen LogP contribution in [0, 0.1) is 13.8 Å². The molecule has 0 fully saturated rings. The van der Waals surface area contributed by atoms with Crippen LogP contribution in [0.1, 0.15) is 27.2 Å². The third-order valence-electron chi connectivity index (χ3n) is 4.09. The maximum absolute atomic E-state index is 12.3. The number of aromatic nitrogens is 2. The van der Waals surface area contributed by atoms with Crippen molar-refractivity contribution in [2.24, 2.45) is 0 Å². The van der Waals surface area contributed by atoms with Gasteiger partial charge in [-0.15, -0.1) is 10.2 Å². The summed E-state index contributed by atoms with van der Waals surface area (Å²) in [6, 6.07) is 19.6. The van der Waals surface area contributed by atoms with Crippen molar-refractivity contribution in [2.45, 2.75) is 20.3 Å². The molecule has 5 heteroatoms. The van der Waals surface area contributed by atoms with Gasteiger partial charge in [0.15, 0.2) is 5.69 Å². The fourth-order valence-electron chi connectivity index (χ4n) is 2.67. The van der Waals surface area contributed by atoms with Crippen molar-refractivity contribution in [1.29, 1.82) is 0 Å². The Morgan fingerprint density at radius 3 is 2.46 bits per heavy atom. The second-order valence-corrected chi connectivity index (χ2v) is 6.24. The molecule has 5 nitrogen and oxygen atoms in total. The van der Waals surface area contributed by atoms with Crippen molar-refractivity contribution in [2.75, 3.05) is 17.2 Å². The normalized spacial score (nSPS) is 10.4. The molecule has 2 aromatic carbocycles. The van der Waals surface area contributed by atoms with Crippen LogP contribution in [0.25, 0.3) is 0 Å². The van der Waals surface area contributed by atoms with Gasteiger partial charge >= 0.3 is 0 Å². The quantitative estimate of drug-likeness (QED) is 0.708. The van der Waals surface area contributed by atoms with E-state index in [2.05, 4.69) is 33.0 Å². The fraction of sp³-hybridized carbons (Fsp3) is 0.190. The van der Waals surface area contributed by atoms with E-state index in [9.17, 15) is 4.79 Å². The zero-order chi connectivity index (χ0) is 18.4. The van der Waals surface area contributed by atoms with E-state index in [-0.39, 0.29) is 5.91 Å². The largest absolute Gasteiger partial charge is 0.368 e. The molecule has 0 radical (unpaired) electrons. The Hall–Kier alpha value is -3.21. The lowest BCUT2D eigenvalue weighted by Crippen LogP contribution is -2.16. The van der Waals surface area contributed by atoms with Crippen molar-refractivity contribution in [3.05, 3.63) is 83.0 Å². The van der Waals surface area contributed by atoms with Gasteiger partial charge in [0.25, 0.3) is 5.91 Å². The summed E-state index contributed by atoms with van der Waals surface area (Å²) in [5.41, 5.74) is 4.51. The minimum atomic E-state index is -0.264. The summed E-state index contributed by atoms with van der Waals surface area (Å²) in [7, 11) is 0. The van der Waals surface area contributed by atoms with Crippen LogP contribution in [-0.2, 0) is 6.42 Å². The van der Waals surface area contributed by atoms with Gasteiger partial charge in [-0.2, -0.15) is 0 Å². The number of anilines is 2. The topological polar surface area (TPSA) is 66.9 Å². The second-order valence-electron chi connectivity index (χ2n) is 6.24. The molecule has 1 heterocycles. The summed E-state index contributed by atoms with van der Waals surface area (Å²) in [6.45, 7) is 4.74. The van der Waals surface area contributed by atoms with E-state index in [4.69, 9.17) is 0 Å². The number of amides is 1. The smallest absolute Gasteiger partial charge is 0.276 e. The Kier molecular flexibility index (Phi) is 5.59. The van der Waals surface area contributed by atoms with Gasteiger partial charge in [-0.05, 0) is 49.6 Å². The highest BCUT2D eigenvalue weighted by Crippen LogP contribution is 2.17. The predicted molar refractivity (Wildman–Crippen MR) is 105 cm³/mol. The number of hydrogen-bond donors (Lipinski definition) is 2. The van der Waals surface area contributed by atoms with Crippen molar-refractivity contribution in [3.8, 4) is 0 Å². The van der Waals surface area contributed by atoms with Gasteiger partial charge in [0.05, 0.1) is 0 Å². The van der Waals surface area contributed by atoms with Crippen LogP contribution in [-0.4, -0.2) is 22.6 Å². The summed E-state index contributed by atoms with van der Waals surface area (Å²) < 4.78 is 0. The van der Waals surface area contributed by atoms with Gasteiger partial charge in [0, 0.05) is 12.2 Å². The fourth-order valence-corrected chi connectivity index (χ4v) is 2.67.